The normalized spacial score (nSPS) is 20.2. The summed E-state index contributed by atoms with van der Waals surface area (Å²) in [5.41, 5.74) is 2.03. The number of amides is 3. The first-order valence-electron chi connectivity index (χ1n) is 10.3. The van der Waals surface area contributed by atoms with Crippen molar-refractivity contribution in [2.24, 2.45) is 0 Å². The number of fused-ring (bicyclic) bond motifs is 4. The first-order valence-corrected chi connectivity index (χ1v) is 11.1. The third-order valence-corrected chi connectivity index (χ3v) is 7.02. The van der Waals surface area contributed by atoms with Crippen molar-refractivity contribution in [1.29, 1.82) is 0 Å². The van der Waals surface area contributed by atoms with Crippen LogP contribution in [0.2, 0.25) is 0 Å². The third-order valence-electron chi connectivity index (χ3n) is 6.09. The van der Waals surface area contributed by atoms with Crippen LogP contribution in [-0.4, -0.2) is 39.8 Å². The molecule has 31 heavy (non-hydrogen) atoms. The molecule has 3 heterocycles. The molecule has 2 aliphatic rings. The summed E-state index contributed by atoms with van der Waals surface area (Å²) >= 11 is 1.58. The van der Waals surface area contributed by atoms with Gasteiger partial charge in [0, 0.05) is 25.1 Å². The van der Waals surface area contributed by atoms with Crippen molar-refractivity contribution in [3.8, 4) is 0 Å². The third kappa shape index (κ3) is 3.18. The van der Waals surface area contributed by atoms with Gasteiger partial charge >= 0.3 is 0 Å². The maximum atomic E-state index is 13.2. The number of nitrogens with one attached hydrogen (secondary N) is 1. The second-order valence-corrected chi connectivity index (χ2v) is 9.37. The Balaban J connectivity index is 1.34. The van der Waals surface area contributed by atoms with E-state index in [1.165, 1.54) is 0 Å². The Kier molecular flexibility index (Phi) is 4.55. The van der Waals surface area contributed by atoms with Crippen LogP contribution >= 0.6 is 11.3 Å². The van der Waals surface area contributed by atoms with Gasteiger partial charge in [0.2, 0.25) is 11.8 Å². The van der Waals surface area contributed by atoms with Gasteiger partial charge in [0.25, 0.3) is 5.91 Å². The number of anilines is 2. The average Bonchev–Trinajstić information content (AvgIpc) is 3.26. The van der Waals surface area contributed by atoms with Crippen LogP contribution in [-0.2, 0) is 9.59 Å². The highest BCUT2D eigenvalue weighted by atomic mass is 32.1. The fourth-order valence-electron chi connectivity index (χ4n) is 4.60. The van der Waals surface area contributed by atoms with Gasteiger partial charge in [-0.25, -0.2) is 4.98 Å². The van der Waals surface area contributed by atoms with Crippen molar-refractivity contribution in [3.05, 3.63) is 53.0 Å². The number of benzene rings is 2. The molecule has 1 atom stereocenters. The van der Waals surface area contributed by atoms with Crippen LogP contribution in [0.4, 0.5) is 11.4 Å². The van der Waals surface area contributed by atoms with Gasteiger partial charge in [-0.15, -0.1) is 11.3 Å². The zero-order valence-corrected chi connectivity index (χ0v) is 18.2. The minimum Gasteiger partial charge on any atom is -0.326 e. The molecule has 0 aliphatic carbocycles. The molecule has 0 radical (unpaired) electrons. The van der Waals surface area contributed by atoms with E-state index in [1.54, 1.807) is 33.3 Å². The Bertz CT molecular complexity index is 1240. The highest BCUT2D eigenvalue weighted by Crippen LogP contribution is 2.44. The summed E-state index contributed by atoms with van der Waals surface area (Å²) in [7, 11) is 0. The van der Waals surface area contributed by atoms with Crippen LogP contribution in [0.5, 0.6) is 0 Å². The van der Waals surface area contributed by atoms with Crippen molar-refractivity contribution < 1.29 is 14.4 Å². The van der Waals surface area contributed by atoms with Crippen molar-refractivity contribution in [1.82, 2.24) is 9.88 Å². The van der Waals surface area contributed by atoms with E-state index in [9.17, 15) is 14.4 Å². The quantitative estimate of drug-likeness (QED) is 0.674. The van der Waals surface area contributed by atoms with Crippen molar-refractivity contribution >= 4 is 50.6 Å². The van der Waals surface area contributed by atoms with E-state index in [4.69, 9.17) is 0 Å². The maximum Gasteiger partial charge on any atom is 0.257 e. The average molecular weight is 435 g/mol. The lowest BCUT2D eigenvalue weighted by atomic mass is 9.98. The number of carbonyl (C=O) groups is 3. The Labute approximate surface area is 183 Å². The van der Waals surface area contributed by atoms with E-state index >= 15 is 0 Å². The highest BCUT2D eigenvalue weighted by molar-refractivity contribution is 7.18. The molecule has 0 bridgehead atoms. The number of hydrogen-bond donors (Lipinski definition) is 1. The standard InChI is InChI=1S/C23H22N4O3S/c1-14-24-17-8-7-15(13-19(17)31-14)25-20(28)10-12-26-22(30)16-5-3-4-6-18(16)27-21(29)9-11-23(26,27)2/h3-8,13H,9-12H2,1-2H3,(H,25,28)/t23-/m1/s1. The molecule has 3 amide bonds. The van der Waals surface area contributed by atoms with Crippen molar-refractivity contribution in [3.63, 3.8) is 0 Å². The first kappa shape index (κ1) is 19.7. The largest absolute Gasteiger partial charge is 0.326 e. The van der Waals surface area contributed by atoms with E-state index in [0.717, 1.165) is 15.2 Å². The van der Waals surface area contributed by atoms with E-state index in [-0.39, 0.29) is 30.7 Å². The summed E-state index contributed by atoms with van der Waals surface area (Å²) < 4.78 is 1.02. The lowest BCUT2D eigenvalue weighted by Crippen LogP contribution is -2.62. The molecule has 0 saturated carbocycles. The zero-order chi connectivity index (χ0) is 21.8. The number of para-hydroxylation sites is 1. The van der Waals surface area contributed by atoms with Gasteiger partial charge < -0.3 is 10.2 Å². The van der Waals surface area contributed by atoms with Crippen LogP contribution in [0.25, 0.3) is 10.2 Å². The Hall–Kier alpha value is -3.26. The summed E-state index contributed by atoms with van der Waals surface area (Å²) in [5, 5.41) is 3.90. The molecule has 8 heteroatoms. The Morgan fingerprint density at radius 3 is 2.87 bits per heavy atom. The molecule has 158 valence electrons. The maximum absolute atomic E-state index is 13.2. The number of aryl methyl sites for hydroxylation is 1. The van der Waals surface area contributed by atoms with Gasteiger partial charge in [-0.2, -0.15) is 0 Å². The number of thiazole rings is 1. The molecule has 3 aromatic rings. The Morgan fingerprint density at radius 2 is 2.03 bits per heavy atom. The van der Waals surface area contributed by atoms with Crippen LogP contribution in [0, 0.1) is 6.92 Å². The van der Waals surface area contributed by atoms with Gasteiger partial charge in [-0.3, -0.25) is 19.3 Å². The van der Waals surface area contributed by atoms with E-state index in [0.29, 0.717) is 29.8 Å². The van der Waals surface area contributed by atoms with Gasteiger partial charge in [-0.05, 0) is 50.6 Å². The lowest BCUT2D eigenvalue weighted by molar-refractivity contribution is -0.117. The first-order chi connectivity index (χ1) is 14.9. The van der Waals surface area contributed by atoms with Crippen molar-refractivity contribution in [2.75, 3.05) is 16.8 Å². The molecule has 5 rings (SSSR count). The summed E-state index contributed by atoms with van der Waals surface area (Å²) in [6.07, 6.45) is 1.08. The fourth-order valence-corrected chi connectivity index (χ4v) is 5.46. The molecule has 0 spiro atoms. The van der Waals surface area contributed by atoms with Gasteiger partial charge in [0.1, 0.15) is 5.66 Å². The summed E-state index contributed by atoms with van der Waals surface area (Å²) in [4.78, 5) is 46.4. The number of rotatable bonds is 4. The SMILES string of the molecule is Cc1nc2ccc(NC(=O)CCN3C(=O)c4ccccc4N4C(=O)CC[C@]34C)cc2s1. The number of nitrogens with zero attached hydrogens (tertiary/aromatic N) is 3. The molecule has 1 fully saturated rings. The van der Waals surface area contributed by atoms with Crippen LogP contribution < -0.4 is 10.2 Å². The monoisotopic (exact) mass is 434 g/mol. The van der Waals surface area contributed by atoms with E-state index < -0.39 is 5.66 Å². The molecule has 2 aliphatic heterocycles. The summed E-state index contributed by atoms with van der Waals surface area (Å²) in [6, 6.07) is 12.8. The summed E-state index contributed by atoms with van der Waals surface area (Å²) in [5.74, 6) is -0.310. The topological polar surface area (TPSA) is 82.6 Å². The van der Waals surface area contributed by atoms with Crippen LogP contribution in [0.1, 0.15) is 41.6 Å². The van der Waals surface area contributed by atoms with Gasteiger partial charge in [-0.1, -0.05) is 12.1 Å². The Morgan fingerprint density at radius 1 is 1.23 bits per heavy atom. The minimum absolute atomic E-state index is 0.00468. The second kappa shape index (κ2) is 7.16. The molecule has 1 aromatic heterocycles. The predicted molar refractivity (Wildman–Crippen MR) is 120 cm³/mol. The smallest absolute Gasteiger partial charge is 0.257 e. The van der Waals surface area contributed by atoms with Crippen LogP contribution in [0.3, 0.4) is 0 Å². The predicted octanol–water partition coefficient (Wildman–Crippen LogP) is 3.93. The zero-order valence-electron chi connectivity index (χ0n) is 17.3. The second-order valence-electron chi connectivity index (χ2n) is 8.13. The van der Waals surface area contributed by atoms with Gasteiger partial charge in [0.05, 0.1) is 26.5 Å². The fraction of sp³-hybridized carbons (Fsp3) is 0.304. The van der Waals surface area contributed by atoms with Crippen molar-refractivity contribution in [2.45, 2.75) is 38.8 Å². The number of carbonyl (C=O) groups excluding carboxylic acids is 3. The molecule has 2 aromatic carbocycles. The summed E-state index contributed by atoms with van der Waals surface area (Å²) in [6.45, 7) is 4.10. The van der Waals surface area contributed by atoms with Crippen LogP contribution in [0.15, 0.2) is 42.5 Å². The van der Waals surface area contributed by atoms with E-state index in [2.05, 4.69) is 10.3 Å². The molecule has 7 nitrogen and oxygen atoms in total. The molecule has 0 unspecified atom stereocenters. The number of hydrogen-bond acceptors (Lipinski definition) is 5. The van der Waals surface area contributed by atoms with Gasteiger partial charge in [0.15, 0.2) is 0 Å². The molecule has 1 N–H and O–H groups in total. The highest BCUT2D eigenvalue weighted by Gasteiger charge is 2.52. The molecular weight excluding hydrogens is 412 g/mol. The lowest BCUT2D eigenvalue weighted by Gasteiger charge is -2.48. The minimum atomic E-state index is -0.748. The molecular formula is C23H22N4O3S. The van der Waals surface area contributed by atoms with E-state index in [1.807, 2.05) is 44.2 Å². The number of aromatic nitrogens is 1. The molecule has 1 saturated heterocycles.